The third-order valence-corrected chi connectivity index (χ3v) is 4.84. The van der Waals surface area contributed by atoms with Crippen LogP contribution in [-0.4, -0.2) is 42.8 Å². The average molecular weight is 436 g/mol. The molecule has 31 heavy (non-hydrogen) atoms. The number of nitrogens with zero attached hydrogens (tertiary/aromatic N) is 1. The van der Waals surface area contributed by atoms with Crippen LogP contribution in [0.25, 0.3) is 0 Å². The van der Waals surface area contributed by atoms with Gasteiger partial charge < -0.3 is 19.7 Å². The minimum Gasteiger partial charge on any atom is -0.493 e. The van der Waals surface area contributed by atoms with E-state index in [9.17, 15) is 22.8 Å². The van der Waals surface area contributed by atoms with E-state index in [1.165, 1.54) is 18.2 Å². The zero-order valence-corrected chi connectivity index (χ0v) is 16.7. The molecular formula is C22H23F3N2O4. The molecule has 1 unspecified atom stereocenters. The number of amides is 2. The number of ether oxygens (including phenoxy) is 2. The van der Waals surface area contributed by atoms with Gasteiger partial charge in [0.1, 0.15) is 5.75 Å². The Kier molecular flexibility index (Phi) is 7.38. The first kappa shape index (κ1) is 22.5. The standard InChI is InChI=1S/C22H23F3N2O4/c23-22(24,25)31-19-11-5-4-10-18(19)26-21(29)16-7-6-13-27(15-16)20(28)12-14-30-17-8-2-1-3-9-17/h1-5,8-11,16H,6-7,12-15H2,(H,26,29). The highest BCUT2D eigenvalue weighted by Gasteiger charge is 2.33. The molecule has 6 nitrogen and oxygen atoms in total. The molecule has 1 saturated heterocycles. The van der Waals surface area contributed by atoms with E-state index in [-0.39, 0.29) is 31.2 Å². The number of hydrogen-bond acceptors (Lipinski definition) is 4. The summed E-state index contributed by atoms with van der Waals surface area (Å²) >= 11 is 0. The van der Waals surface area contributed by atoms with Gasteiger partial charge in [0, 0.05) is 13.1 Å². The number of benzene rings is 2. The van der Waals surface area contributed by atoms with E-state index in [0.29, 0.717) is 25.1 Å². The van der Waals surface area contributed by atoms with Crippen molar-refractivity contribution in [3.8, 4) is 11.5 Å². The number of rotatable bonds is 7. The fraction of sp³-hybridized carbons (Fsp3) is 0.364. The number of alkyl halides is 3. The van der Waals surface area contributed by atoms with Gasteiger partial charge in [-0.1, -0.05) is 30.3 Å². The van der Waals surface area contributed by atoms with Crippen LogP contribution in [0.3, 0.4) is 0 Å². The second kappa shape index (κ2) is 10.2. The minimum absolute atomic E-state index is 0.0652. The smallest absolute Gasteiger partial charge is 0.493 e. The van der Waals surface area contributed by atoms with E-state index in [1.807, 2.05) is 18.2 Å². The molecule has 1 fully saturated rings. The van der Waals surface area contributed by atoms with Gasteiger partial charge in [0.25, 0.3) is 0 Å². The Bertz CT molecular complexity index is 890. The molecule has 3 rings (SSSR count). The first-order valence-electron chi connectivity index (χ1n) is 9.93. The SMILES string of the molecule is O=C(Nc1ccccc1OC(F)(F)F)C1CCCN(C(=O)CCOc2ccccc2)C1. The van der Waals surface area contributed by atoms with E-state index < -0.39 is 23.9 Å². The van der Waals surface area contributed by atoms with Crippen molar-refractivity contribution in [2.75, 3.05) is 25.0 Å². The van der Waals surface area contributed by atoms with Gasteiger partial charge in [-0.15, -0.1) is 13.2 Å². The number of carbonyl (C=O) groups is 2. The first-order chi connectivity index (χ1) is 14.8. The number of hydrogen-bond donors (Lipinski definition) is 1. The van der Waals surface area contributed by atoms with Crippen molar-refractivity contribution < 1.29 is 32.2 Å². The van der Waals surface area contributed by atoms with Gasteiger partial charge in [0.15, 0.2) is 5.75 Å². The number of halogens is 3. The summed E-state index contributed by atoms with van der Waals surface area (Å²) in [4.78, 5) is 26.7. The molecule has 2 aromatic rings. The molecule has 0 saturated carbocycles. The Balaban J connectivity index is 1.53. The second-order valence-electron chi connectivity index (χ2n) is 7.12. The Hall–Kier alpha value is -3.23. The molecule has 0 spiro atoms. The normalized spacial score (nSPS) is 16.5. The minimum atomic E-state index is -4.86. The molecule has 1 aliphatic heterocycles. The van der Waals surface area contributed by atoms with Crippen LogP contribution in [0.1, 0.15) is 19.3 Å². The molecular weight excluding hydrogens is 413 g/mol. The van der Waals surface area contributed by atoms with Crippen molar-refractivity contribution in [3.05, 3.63) is 54.6 Å². The van der Waals surface area contributed by atoms with Gasteiger partial charge in [-0.05, 0) is 37.1 Å². The topological polar surface area (TPSA) is 67.9 Å². The van der Waals surface area contributed by atoms with E-state index >= 15 is 0 Å². The molecule has 2 aromatic carbocycles. The number of anilines is 1. The lowest BCUT2D eigenvalue weighted by Crippen LogP contribution is -2.44. The third kappa shape index (κ3) is 6.91. The van der Waals surface area contributed by atoms with Gasteiger partial charge in [-0.3, -0.25) is 9.59 Å². The second-order valence-corrected chi connectivity index (χ2v) is 7.12. The van der Waals surface area contributed by atoms with E-state index in [2.05, 4.69) is 10.1 Å². The van der Waals surface area contributed by atoms with E-state index in [0.717, 1.165) is 6.07 Å². The summed E-state index contributed by atoms with van der Waals surface area (Å²) in [7, 11) is 0. The van der Waals surface area contributed by atoms with Gasteiger partial charge in [0.05, 0.1) is 24.6 Å². The highest BCUT2D eigenvalue weighted by atomic mass is 19.4. The van der Waals surface area contributed by atoms with Crippen molar-refractivity contribution >= 4 is 17.5 Å². The maximum atomic E-state index is 12.6. The van der Waals surface area contributed by atoms with Crippen LogP contribution in [0.4, 0.5) is 18.9 Å². The Morgan fingerprint density at radius 2 is 1.77 bits per heavy atom. The Labute approximate surface area is 177 Å². The summed E-state index contributed by atoms with van der Waals surface area (Å²) < 4.78 is 47.2. The van der Waals surface area contributed by atoms with Crippen LogP contribution < -0.4 is 14.8 Å². The first-order valence-corrected chi connectivity index (χ1v) is 9.93. The van der Waals surface area contributed by atoms with Crippen LogP contribution >= 0.6 is 0 Å². The zero-order chi connectivity index (χ0) is 22.3. The number of likely N-dealkylation sites (tertiary alicyclic amines) is 1. The predicted octanol–water partition coefficient (Wildman–Crippen LogP) is 4.23. The van der Waals surface area contributed by atoms with Crippen LogP contribution in [0.5, 0.6) is 11.5 Å². The quantitative estimate of drug-likeness (QED) is 0.705. The van der Waals surface area contributed by atoms with Crippen molar-refractivity contribution in [2.45, 2.75) is 25.6 Å². The van der Waals surface area contributed by atoms with Crippen molar-refractivity contribution in [1.29, 1.82) is 0 Å². The predicted molar refractivity (Wildman–Crippen MR) is 108 cm³/mol. The molecule has 2 amide bonds. The number of carbonyl (C=O) groups excluding carboxylic acids is 2. The summed E-state index contributed by atoms with van der Waals surface area (Å²) in [5.41, 5.74) is -0.0652. The van der Waals surface area contributed by atoms with Gasteiger partial charge in [0.2, 0.25) is 11.8 Å². The highest BCUT2D eigenvalue weighted by Crippen LogP contribution is 2.31. The zero-order valence-electron chi connectivity index (χ0n) is 16.7. The molecule has 1 atom stereocenters. The third-order valence-electron chi connectivity index (χ3n) is 4.84. The number of piperidine rings is 1. The molecule has 9 heteroatoms. The van der Waals surface area contributed by atoms with Gasteiger partial charge in [-0.2, -0.15) is 0 Å². The van der Waals surface area contributed by atoms with Crippen LogP contribution in [0, 0.1) is 5.92 Å². The molecule has 1 aliphatic rings. The molecule has 166 valence electrons. The highest BCUT2D eigenvalue weighted by molar-refractivity contribution is 5.94. The molecule has 0 radical (unpaired) electrons. The van der Waals surface area contributed by atoms with Crippen LogP contribution in [0.2, 0.25) is 0 Å². The molecule has 0 aliphatic carbocycles. The van der Waals surface area contributed by atoms with E-state index in [1.54, 1.807) is 17.0 Å². The Morgan fingerprint density at radius 1 is 1.06 bits per heavy atom. The van der Waals surface area contributed by atoms with E-state index in [4.69, 9.17) is 4.74 Å². The van der Waals surface area contributed by atoms with Crippen molar-refractivity contribution in [3.63, 3.8) is 0 Å². The number of nitrogens with one attached hydrogen (secondary N) is 1. The molecule has 0 aromatic heterocycles. The number of para-hydroxylation sites is 3. The molecule has 1 N–H and O–H groups in total. The van der Waals surface area contributed by atoms with Crippen molar-refractivity contribution in [1.82, 2.24) is 4.90 Å². The largest absolute Gasteiger partial charge is 0.573 e. The van der Waals surface area contributed by atoms with Crippen LogP contribution in [0.15, 0.2) is 54.6 Å². The monoisotopic (exact) mass is 436 g/mol. The molecule has 0 bridgehead atoms. The summed E-state index contributed by atoms with van der Waals surface area (Å²) in [5, 5.41) is 2.50. The summed E-state index contributed by atoms with van der Waals surface area (Å²) in [5.74, 6) is -0.909. The molecule has 1 heterocycles. The van der Waals surface area contributed by atoms with Crippen LogP contribution in [-0.2, 0) is 9.59 Å². The fourth-order valence-electron chi connectivity index (χ4n) is 3.37. The average Bonchev–Trinajstić information content (AvgIpc) is 2.75. The maximum absolute atomic E-state index is 12.6. The maximum Gasteiger partial charge on any atom is 0.573 e. The van der Waals surface area contributed by atoms with Gasteiger partial charge in [-0.25, -0.2) is 0 Å². The Morgan fingerprint density at radius 3 is 2.52 bits per heavy atom. The van der Waals surface area contributed by atoms with Gasteiger partial charge >= 0.3 is 6.36 Å². The lowest BCUT2D eigenvalue weighted by atomic mass is 9.96. The lowest BCUT2D eigenvalue weighted by molar-refractivity contribution is -0.274. The van der Waals surface area contributed by atoms with Crippen molar-refractivity contribution in [2.24, 2.45) is 5.92 Å². The lowest BCUT2D eigenvalue weighted by Gasteiger charge is -2.32. The summed E-state index contributed by atoms with van der Waals surface area (Å²) in [6.07, 6.45) is -3.52. The summed E-state index contributed by atoms with van der Waals surface area (Å²) in [6, 6.07) is 14.5. The fourth-order valence-corrected chi connectivity index (χ4v) is 3.37. The summed E-state index contributed by atoms with van der Waals surface area (Å²) in [6.45, 7) is 0.957.